The number of likely N-dealkylation sites (tertiary alicyclic amines) is 1. The van der Waals surface area contributed by atoms with Crippen molar-refractivity contribution >= 4 is 23.4 Å². The predicted molar refractivity (Wildman–Crippen MR) is 125 cm³/mol. The van der Waals surface area contributed by atoms with Gasteiger partial charge in [-0.25, -0.2) is 0 Å². The number of amides is 3. The third-order valence-electron chi connectivity index (χ3n) is 6.73. The van der Waals surface area contributed by atoms with Crippen LogP contribution in [0.5, 0.6) is 5.75 Å². The van der Waals surface area contributed by atoms with E-state index in [1.165, 1.54) is 4.90 Å². The fourth-order valence-corrected chi connectivity index (χ4v) is 5.21. The van der Waals surface area contributed by atoms with Crippen LogP contribution in [0, 0.1) is 29.6 Å². The number of nitrogens with zero attached hydrogens (tertiary/aromatic N) is 1. The lowest BCUT2D eigenvalue weighted by molar-refractivity contribution is -0.142. The van der Waals surface area contributed by atoms with Crippen LogP contribution in [0.25, 0.3) is 0 Å². The van der Waals surface area contributed by atoms with Gasteiger partial charge < -0.3 is 25.4 Å². The van der Waals surface area contributed by atoms with E-state index in [1.54, 1.807) is 38.4 Å². The number of hydrogen-bond donors (Lipinski definition) is 3. The maximum atomic E-state index is 13.8. The molecule has 3 rings (SSSR count). The number of carbonyl (C=O) groups is 3. The molecule has 1 aliphatic carbocycles. The lowest BCUT2D eigenvalue weighted by Gasteiger charge is -2.34. The van der Waals surface area contributed by atoms with E-state index in [0.717, 1.165) is 0 Å². The Morgan fingerprint density at radius 2 is 1.82 bits per heavy atom. The number of benzene rings is 1. The Labute approximate surface area is 195 Å². The third-order valence-corrected chi connectivity index (χ3v) is 6.73. The molecule has 6 atom stereocenters. The molecule has 1 aromatic carbocycles. The average Bonchev–Trinajstić information content (AvgIpc) is 3.09. The van der Waals surface area contributed by atoms with Gasteiger partial charge in [0.25, 0.3) is 0 Å². The molecule has 1 saturated heterocycles. The Kier molecular flexibility index (Phi) is 7.79. The summed E-state index contributed by atoms with van der Waals surface area (Å²) < 4.78 is 5.17. The SMILES string of the molecule is CNC(=O)[C@H]1[C@@H]2C(=O)N([C@@H](CO)CC(C)C)[C@H](C(=O)Nc3ccc(OC)cc3)[C@H]2C=C[C@H]1C. The topological polar surface area (TPSA) is 108 Å². The van der Waals surface area contributed by atoms with Crippen molar-refractivity contribution in [3.05, 3.63) is 36.4 Å². The van der Waals surface area contributed by atoms with Crippen LogP contribution in [0.3, 0.4) is 0 Å². The quantitative estimate of drug-likeness (QED) is 0.518. The molecule has 1 heterocycles. The van der Waals surface area contributed by atoms with Crippen molar-refractivity contribution < 1.29 is 24.2 Å². The van der Waals surface area contributed by atoms with Gasteiger partial charge in [-0.15, -0.1) is 0 Å². The van der Waals surface area contributed by atoms with E-state index in [4.69, 9.17) is 4.74 Å². The highest BCUT2D eigenvalue weighted by molar-refractivity contribution is 6.02. The van der Waals surface area contributed by atoms with Crippen LogP contribution in [-0.4, -0.2) is 60.6 Å². The maximum Gasteiger partial charge on any atom is 0.247 e. The van der Waals surface area contributed by atoms with Crippen LogP contribution in [0.1, 0.15) is 27.2 Å². The van der Waals surface area contributed by atoms with Gasteiger partial charge in [-0.2, -0.15) is 0 Å². The Morgan fingerprint density at radius 3 is 2.36 bits per heavy atom. The zero-order chi connectivity index (χ0) is 24.3. The Hall–Kier alpha value is -2.87. The highest BCUT2D eigenvalue weighted by Gasteiger charge is 2.57. The zero-order valence-corrected chi connectivity index (χ0v) is 19.9. The molecule has 1 aromatic rings. The zero-order valence-electron chi connectivity index (χ0n) is 19.9. The van der Waals surface area contributed by atoms with E-state index in [1.807, 2.05) is 32.9 Å². The molecule has 1 fully saturated rings. The first-order valence-corrected chi connectivity index (χ1v) is 11.5. The largest absolute Gasteiger partial charge is 0.497 e. The number of allylic oxidation sites excluding steroid dienone is 1. The number of fused-ring (bicyclic) bond motifs is 1. The first-order valence-electron chi connectivity index (χ1n) is 11.5. The number of rotatable bonds is 8. The van der Waals surface area contributed by atoms with Crippen molar-refractivity contribution in [2.75, 3.05) is 26.1 Å². The van der Waals surface area contributed by atoms with E-state index >= 15 is 0 Å². The van der Waals surface area contributed by atoms with E-state index in [0.29, 0.717) is 17.9 Å². The van der Waals surface area contributed by atoms with Crippen molar-refractivity contribution in [3.63, 3.8) is 0 Å². The predicted octanol–water partition coefficient (Wildman–Crippen LogP) is 2.05. The van der Waals surface area contributed by atoms with Gasteiger partial charge in [0.1, 0.15) is 11.8 Å². The highest BCUT2D eigenvalue weighted by atomic mass is 16.5. The minimum absolute atomic E-state index is 0.141. The van der Waals surface area contributed by atoms with Crippen molar-refractivity contribution in [3.8, 4) is 5.75 Å². The molecule has 0 bridgehead atoms. The monoisotopic (exact) mass is 457 g/mol. The number of anilines is 1. The molecule has 0 unspecified atom stereocenters. The highest BCUT2D eigenvalue weighted by Crippen LogP contribution is 2.45. The summed E-state index contributed by atoms with van der Waals surface area (Å²) in [5, 5.41) is 15.8. The van der Waals surface area contributed by atoms with Gasteiger partial charge in [0, 0.05) is 18.7 Å². The summed E-state index contributed by atoms with van der Waals surface area (Å²) in [6, 6.07) is 5.63. The average molecular weight is 458 g/mol. The molecular weight excluding hydrogens is 422 g/mol. The fourth-order valence-electron chi connectivity index (χ4n) is 5.21. The van der Waals surface area contributed by atoms with Crippen LogP contribution in [0.2, 0.25) is 0 Å². The molecule has 0 saturated carbocycles. The summed E-state index contributed by atoms with van der Waals surface area (Å²) >= 11 is 0. The minimum Gasteiger partial charge on any atom is -0.497 e. The molecule has 0 radical (unpaired) electrons. The lowest BCUT2D eigenvalue weighted by atomic mass is 9.70. The number of aliphatic hydroxyl groups excluding tert-OH is 1. The van der Waals surface area contributed by atoms with Gasteiger partial charge in [0.05, 0.1) is 31.6 Å². The second-order valence-electron chi connectivity index (χ2n) is 9.36. The smallest absolute Gasteiger partial charge is 0.247 e. The van der Waals surface area contributed by atoms with Crippen LogP contribution in [0.4, 0.5) is 5.69 Å². The summed E-state index contributed by atoms with van der Waals surface area (Å²) in [6.07, 6.45) is 4.37. The van der Waals surface area contributed by atoms with E-state index < -0.39 is 29.8 Å². The van der Waals surface area contributed by atoms with Gasteiger partial charge in [0.2, 0.25) is 17.7 Å². The molecule has 180 valence electrons. The van der Waals surface area contributed by atoms with Crippen LogP contribution in [-0.2, 0) is 14.4 Å². The number of nitrogens with one attached hydrogen (secondary N) is 2. The molecule has 8 heteroatoms. The molecule has 0 spiro atoms. The summed E-state index contributed by atoms with van der Waals surface area (Å²) in [7, 11) is 3.13. The Bertz CT molecular complexity index is 898. The van der Waals surface area contributed by atoms with Crippen LogP contribution in [0.15, 0.2) is 36.4 Å². The maximum absolute atomic E-state index is 13.8. The van der Waals surface area contributed by atoms with Crippen LogP contribution < -0.4 is 15.4 Å². The van der Waals surface area contributed by atoms with Gasteiger partial charge >= 0.3 is 0 Å². The van der Waals surface area contributed by atoms with E-state index in [9.17, 15) is 19.5 Å². The molecule has 33 heavy (non-hydrogen) atoms. The number of methoxy groups -OCH3 is 1. The Balaban J connectivity index is 2.00. The first-order chi connectivity index (χ1) is 15.7. The molecule has 3 amide bonds. The van der Waals surface area contributed by atoms with Crippen molar-refractivity contribution in [1.82, 2.24) is 10.2 Å². The van der Waals surface area contributed by atoms with Crippen molar-refractivity contribution in [2.24, 2.45) is 29.6 Å². The second kappa shape index (κ2) is 10.4. The molecule has 0 aromatic heterocycles. The number of carbonyl (C=O) groups excluding carboxylic acids is 3. The van der Waals surface area contributed by atoms with Gasteiger partial charge in [-0.05, 0) is 42.5 Å². The molecule has 1 aliphatic heterocycles. The van der Waals surface area contributed by atoms with Gasteiger partial charge in [0.15, 0.2) is 0 Å². The standard InChI is InChI=1S/C25H35N3O5/c1-14(2)12-17(13-29)28-22(24(31)27-16-7-9-18(33-5)10-8-16)19-11-6-15(3)20(23(30)26-4)21(19)25(28)32/h6-11,14-15,17,19-22,29H,12-13H2,1-5H3,(H,26,30)(H,27,31)/t15-,17-,19+,20-,21-,22+/m1/s1. The minimum atomic E-state index is -0.823. The van der Waals surface area contributed by atoms with Gasteiger partial charge in [-0.1, -0.05) is 32.9 Å². The lowest BCUT2D eigenvalue weighted by Crippen LogP contribution is -2.51. The molecule has 3 N–H and O–H groups in total. The first kappa shape index (κ1) is 24.8. The third kappa shape index (κ3) is 4.90. The number of hydrogen-bond acceptors (Lipinski definition) is 5. The van der Waals surface area contributed by atoms with E-state index in [-0.39, 0.29) is 36.2 Å². The summed E-state index contributed by atoms with van der Waals surface area (Å²) in [4.78, 5) is 41.6. The van der Waals surface area contributed by atoms with Crippen molar-refractivity contribution in [2.45, 2.75) is 39.3 Å². The normalized spacial score (nSPS) is 27.3. The number of aliphatic hydroxyl groups is 1. The molecular formula is C25H35N3O5. The van der Waals surface area contributed by atoms with Crippen LogP contribution >= 0.6 is 0 Å². The number of ether oxygens (including phenoxy) is 1. The van der Waals surface area contributed by atoms with Gasteiger partial charge in [-0.3, -0.25) is 14.4 Å². The summed E-state index contributed by atoms with van der Waals surface area (Å²) in [5.41, 5.74) is 0.581. The van der Waals surface area contributed by atoms with Crippen molar-refractivity contribution in [1.29, 1.82) is 0 Å². The van der Waals surface area contributed by atoms with E-state index in [2.05, 4.69) is 10.6 Å². The molecule has 8 nitrogen and oxygen atoms in total. The Morgan fingerprint density at radius 1 is 1.15 bits per heavy atom. The fraction of sp³-hybridized carbons (Fsp3) is 0.560. The summed E-state index contributed by atoms with van der Waals surface area (Å²) in [6.45, 7) is 5.68. The second-order valence-corrected chi connectivity index (χ2v) is 9.36. The molecule has 2 aliphatic rings. The summed E-state index contributed by atoms with van der Waals surface area (Å²) in [5.74, 6) is -1.75.